The van der Waals surface area contributed by atoms with Gasteiger partial charge in [0, 0.05) is 57.3 Å². The van der Waals surface area contributed by atoms with E-state index in [4.69, 9.17) is 0 Å². The molecule has 0 aliphatic carbocycles. The van der Waals surface area contributed by atoms with Gasteiger partial charge >= 0.3 is 0 Å². The van der Waals surface area contributed by atoms with Crippen LogP contribution in [0.1, 0.15) is 39.5 Å². The fraction of sp³-hybridized carbons (Fsp3) is 0.944. The fourth-order valence-electron chi connectivity index (χ4n) is 4.47. The van der Waals surface area contributed by atoms with Gasteiger partial charge in [0.25, 0.3) is 0 Å². The molecule has 23 heavy (non-hydrogen) atoms. The van der Waals surface area contributed by atoms with Crippen molar-refractivity contribution in [2.45, 2.75) is 51.6 Å². The van der Waals surface area contributed by atoms with Crippen LogP contribution in [0.25, 0.3) is 0 Å². The highest BCUT2D eigenvalue weighted by molar-refractivity contribution is 5.79. The van der Waals surface area contributed by atoms with Crippen molar-refractivity contribution >= 4 is 5.91 Å². The molecule has 0 unspecified atom stereocenters. The molecule has 0 saturated carbocycles. The molecule has 3 heterocycles. The minimum atomic E-state index is 0.272. The third kappa shape index (κ3) is 4.25. The largest absolute Gasteiger partial charge is 0.340 e. The maximum absolute atomic E-state index is 12.6. The highest BCUT2D eigenvalue weighted by Gasteiger charge is 2.30. The van der Waals surface area contributed by atoms with Gasteiger partial charge in [-0.1, -0.05) is 0 Å². The molecule has 0 aromatic rings. The molecule has 0 bridgehead atoms. The molecule has 132 valence electrons. The molecule has 3 fully saturated rings. The van der Waals surface area contributed by atoms with Gasteiger partial charge < -0.3 is 10.2 Å². The molecule has 0 radical (unpaired) electrons. The Labute approximate surface area is 141 Å². The zero-order valence-electron chi connectivity index (χ0n) is 15.0. The number of hydrogen-bond donors (Lipinski definition) is 1. The third-order valence-electron chi connectivity index (χ3n) is 6.18. The summed E-state index contributed by atoms with van der Waals surface area (Å²) in [5, 5.41) is 3.35. The molecule has 3 aliphatic rings. The number of piperazine rings is 1. The van der Waals surface area contributed by atoms with Crippen molar-refractivity contribution in [3.63, 3.8) is 0 Å². The number of piperidine rings is 1. The standard InChI is InChI=1S/C18H34N4O/c1-15-3-4-16(2)22(15)14-11-20-9-12-21(13-10-20)18(23)17-5-7-19-8-6-17/h15-17,19H,3-14H2,1-2H3/t15-,16-/m1/s1. The second-order valence-electron chi connectivity index (χ2n) is 7.70. The Balaban J connectivity index is 1.39. The van der Waals surface area contributed by atoms with E-state index in [-0.39, 0.29) is 5.92 Å². The van der Waals surface area contributed by atoms with Crippen LogP contribution in [-0.2, 0) is 4.79 Å². The van der Waals surface area contributed by atoms with E-state index in [1.807, 2.05) is 0 Å². The Hall–Kier alpha value is -0.650. The van der Waals surface area contributed by atoms with Gasteiger partial charge in [0.2, 0.25) is 5.91 Å². The van der Waals surface area contributed by atoms with Crippen molar-refractivity contribution in [3.05, 3.63) is 0 Å². The first-order chi connectivity index (χ1) is 11.1. The van der Waals surface area contributed by atoms with Crippen molar-refractivity contribution in [1.82, 2.24) is 20.0 Å². The highest BCUT2D eigenvalue weighted by atomic mass is 16.2. The second kappa shape index (κ2) is 7.95. The summed E-state index contributed by atoms with van der Waals surface area (Å²) in [4.78, 5) is 19.9. The maximum Gasteiger partial charge on any atom is 0.225 e. The highest BCUT2D eigenvalue weighted by Crippen LogP contribution is 2.23. The van der Waals surface area contributed by atoms with E-state index in [0.29, 0.717) is 5.91 Å². The molecule has 0 aromatic carbocycles. The lowest BCUT2D eigenvalue weighted by atomic mass is 9.96. The SMILES string of the molecule is C[C@@H]1CC[C@@H](C)N1CCN1CCN(C(=O)C2CCNCC2)CC1. The first-order valence-corrected chi connectivity index (χ1v) is 9.62. The van der Waals surface area contributed by atoms with Crippen molar-refractivity contribution in [2.24, 2.45) is 5.92 Å². The lowest BCUT2D eigenvalue weighted by molar-refractivity contribution is -0.138. The summed E-state index contributed by atoms with van der Waals surface area (Å²) in [5.41, 5.74) is 0. The molecule has 0 aromatic heterocycles. The van der Waals surface area contributed by atoms with Gasteiger partial charge in [0.05, 0.1) is 0 Å². The van der Waals surface area contributed by atoms with Gasteiger partial charge in [0.1, 0.15) is 0 Å². The number of rotatable bonds is 4. The summed E-state index contributed by atoms with van der Waals surface area (Å²) >= 11 is 0. The number of carbonyl (C=O) groups is 1. The molecule has 5 heteroatoms. The topological polar surface area (TPSA) is 38.8 Å². The molecular formula is C18H34N4O. The number of nitrogens with zero attached hydrogens (tertiary/aromatic N) is 3. The average molecular weight is 322 g/mol. The number of amides is 1. The molecule has 3 saturated heterocycles. The van der Waals surface area contributed by atoms with E-state index in [1.165, 1.54) is 19.4 Å². The minimum Gasteiger partial charge on any atom is -0.340 e. The molecule has 1 amide bonds. The fourth-order valence-corrected chi connectivity index (χ4v) is 4.47. The Morgan fingerprint density at radius 2 is 1.52 bits per heavy atom. The lowest BCUT2D eigenvalue weighted by Crippen LogP contribution is -2.52. The molecule has 1 N–H and O–H groups in total. The van der Waals surface area contributed by atoms with Crippen LogP contribution in [0.15, 0.2) is 0 Å². The first kappa shape index (κ1) is 17.2. The predicted octanol–water partition coefficient (Wildman–Crippen LogP) is 1.00. The van der Waals surface area contributed by atoms with Crippen molar-refractivity contribution in [2.75, 3.05) is 52.4 Å². The van der Waals surface area contributed by atoms with E-state index in [0.717, 1.165) is 70.7 Å². The molecule has 0 spiro atoms. The lowest BCUT2D eigenvalue weighted by Gasteiger charge is -2.38. The summed E-state index contributed by atoms with van der Waals surface area (Å²) in [7, 11) is 0. The summed E-state index contributed by atoms with van der Waals surface area (Å²) < 4.78 is 0. The van der Waals surface area contributed by atoms with E-state index in [1.54, 1.807) is 0 Å². The zero-order valence-corrected chi connectivity index (χ0v) is 15.0. The normalized spacial score (nSPS) is 31.7. The summed E-state index contributed by atoms with van der Waals surface area (Å²) in [6.07, 6.45) is 4.73. The number of hydrogen-bond acceptors (Lipinski definition) is 4. The minimum absolute atomic E-state index is 0.272. The molecule has 3 rings (SSSR count). The van der Waals surface area contributed by atoms with Crippen molar-refractivity contribution < 1.29 is 4.79 Å². The predicted molar refractivity (Wildman–Crippen MR) is 93.5 cm³/mol. The van der Waals surface area contributed by atoms with Crippen LogP contribution in [0.2, 0.25) is 0 Å². The summed E-state index contributed by atoms with van der Waals surface area (Å²) in [6, 6.07) is 1.49. The zero-order chi connectivity index (χ0) is 16.2. The Morgan fingerprint density at radius 3 is 2.13 bits per heavy atom. The van der Waals surface area contributed by atoms with Crippen LogP contribution < -0.4 is 5.32 Å². The summed E-state index contributed by atoms with van der Waals surface area (Å²) in [5.74, 6) is 0.682. The summed E-state index contributed by atoms with van der Waals surface area (Å²) in [6.45, 7) is 13.0. The van der Waals surface area contributed by atoms with Gasteiger partial charge in [-0.3, -0.25) is 14.6 Å². The molecule has 3 aliphatic heterocycles. The molecular weight excluding hydrogens is 288 g/mol. The average Bonchev–Trinajstić information content (AvgIpc) is 2.92. The smallest absolute Gasteiger partial charge is 0.225 e. The number of carbonyl (C=O) groups excluding carboxylic acids is 1. The van der Waals surface area contributed by atoms with E-state index in [9.17, 15) is 4.79 Å². The van der Waals surface area contributed by atoms with Crippen LogP contribution in [0.4, 0.5) is 0 Å². The Morgan fingerprint density at radius 1 is 0.913 bits per heavy atom. The Bertz CT molecular complexity index is 378. The van der Waals surface area contributed by atoms with Gasteiger partial charge in [-0.15, -0.1) is 0 Å². The van der Waals surface area contributed by atoms with Crippen LogP contribution >= 0.6 is 0 Å². The Kier molecular flexibility index (Phi) is 5.94. The van der Waals surface area contributed by atoms with Crippen molar-refractivity contribution in [3.8, 4) is 0 Å². The van der Waals surface area contributed by atoms with Gasteiger partial charge in [-0.2, -0.15) is 0 Å². The van der Waals surface area contributed by atoms with Crippen LogP contribution in [0.5, 0.6) is 0 Å². The number of likely N-dealkylation sites (tertiary alicyclic amines) is 1. The van der Waals surface area contributed by atoms with Crippen LogP contribution in [0, 0.1) is 5.92 Å². The van der Waals surface area contributed by atoms with Gasteiger partial charge in [-0.25, -0.2) is 0 Å². The van der Waals surface area contributed by atoms with Crippen molar-refractivity contribution in [1.29, 1.82) is 0 Å². The molecule has 2 atom stereocenters. The molecule has 5 nitrogen and oxygen atoms in total. The van der Waals surface area contributed by atoms with E-state index in [2.05, 4.69) is 33.9 Å². The first-order valence-electron chi connectivity index (χ1n) is 9.62. The van der Waals surface area contributed by atoms with Gasteiger partial charge in [-0.05, 0) is 52.6 Å². The second-order valence-corrected chi connectivity index (χ2v) is 7.70. The third-order valence-corrected chi connectivity index (χ3v) is 6.18. The van der Waals surface area contributed by atoms with Gasteiger partial charge in [0.15, 0.2) is 0 Å². The maximum atomic E-state index is 12.6. The van der Waals surface area contributed by atoms with E-state index >= 15 is 0 Å². The van der Waals surface area contributed by atoms with E-state index < -0.39 is 0 Å². The monoisotopic (exact) mass is 322 g/mol. The number of nitrogens with one attached hydrogen (secondary N) is 1. The van der Waals surface area contributed by atoms with Crippen LogP contribution in [-0.4, -0.2) is 85.0 Å². The quantitative estimate of drug-likeness (QED) is 0.838. The van der Waals surface area contributed by atoms with Crippen LogP contribution in [0.3, 0.4) is 0 Å².